The van der Waals surface area contributed by atoms with Gasteiger partial charge in [0.2, 0.25) is 0 Å². The van der Waals surface area contributed by atoms with Crippen LogP contribution < -0.4 is 5.32 Å². The van der Waals surface area contributed by atoms with Gasteiger partial charge in [-0.15, -0.1) is 0 Å². The predicted octanol–water partition coefficient (Wildman–Crippen LogP) is 3.53. The lowest BCUT2D eigenvalue weighted by Gasteiger charge is -2.22. The molecule has 0 fully saturated rings. The van der Waals surface area contributed by atoms with Crippen molar-refractivity contribution >= 4 is 17.6 Å². The molecule has 0 radical (unpaired) electrons. The summed E-state index contributed by atoms with van der Waals surface area (Å²) in [5.41, 5.74) is 1.29. The molecule has 3 rings (SSSR count). The van der Waals surface area contributed by atoms with E-state index in [4.69, 9.17) is 21.0 Å². The van der Waals surface area contributed by atoms with Gasteiger partial charge < -0.3 is 19.2 Å². The highest BCUT2D eigenvalue weighted by atomic mass is 35.5. The number of imidazole rings is 1. The lowest BCUT2D eigenvalue weighted by molar-refractivity contribution is 0.451. The van der Waals surface area contributed by atoms with Gasteiger partial charge in [0, 0.05) is 33.6 Å². The van der Waals surface area contributed by atoms with E-state index >= 15 is 0 Å². The van der Waals surface area contributed by atoms with E-state index in [0.717, 1.165) is 36.9 Å². The topological polar surface area (TPSA) is 58.6 Å². The molecule has 0 unspecified atom stereocenters. The van der Waals surface area contributed by atoms with Crippen molar-refractivity contribution in [2.24, 2.45) is 12.0 Å². The van der Waals surface area contributed by atoms with Crippen molar-refractivity contribution in [1.29, 1.82) is 0 Å². The second kappa shape index (κ2) is 9.99. The fraction of sp³-hybridized carbons (Fsp3) is 0.333. The number of furan rings is 1. The highest BCUT2D eigenvalue weighted by molar-refractivity contribution is 6.29. The molecule has 0 aliphatic heterocycles. The van der Waals surface area contributed by atoms with Gasteiger partial charge in [0.05, 0.1) is 19.0 Å². The molecule has 0 aliphatic carbocycles. The zero-order chi connectivity index (χ0) is 19.8. The normalized spacial score (nSPS) is 11.6. The molecule has 7 heteroatoms. The minimum Gasteiger partial charge on any atom is -0.469 e. The van der Waals surface area contributed by atoms with E-state index in [9.17, 15) is 0 Å². The molecule has 6 nitrogen and oxygen atoms in total. The third-order valence-electron chi connectivity index (χ3n) is 4.51. The van der Waals surface area contributed by atoms with Crippen LogP contribution in [0.1, 0.15) is 17.1 Å². The fourth-order valence-corrected chi connectivity index (χ4v) is 3.01. The van der Waals surface area contributed by atoms with Gasteiger partial charge in [0.15, 0.2) is 5.96 Å². The van der Waals surface area contributed by atoms with Crippen LogP contribution in [0.3, 0.4) is 0 Å². The summed E-state index contributed by atoms with van der Waals surface area (Å²) >= 11 is 6.11. The van der Waals surface area contributed by atoms with Crippen LogP contribution in [-0.2, 0) is 26.4 Å². The van der Waals surface area contributed by atoms with Crippen molar-refractivity contribution in [2.45, 2.75) is 19.4 Å². The SMILES string of the molecule is CN(Cc1ncc(Cl)n1C)C(=NCCc1ccco1)NCCc1ccccc1. The molecule has 0 atom stereocenters. The Labute approximate surface area is 170 Å². The van der Waals surface area contributed by atoms with E-state index in [-0.39, 0.29) is 0 Å². The maximum absolute atomic E-state index is 6.11. The van der Waals surface area contributed by atoms with E-state index in [1.807, 2.05) is 36.9 Å². The van der Waals surface area contributed by atoms with Gasteiger partial charge in [-0.05, 0) is 24.1 Å². The van der Waals surface area contributed by atoms with Crippen molar-refractivity contribution in [3.63, 3.8) is 0 Å². The first-order chi connectivity index (χ1) is 13.6. The highest BCUT2D eigenvalue weighted by Crippen LogP contribution is 2.11. The monoisotopic (exact) mass is 399 g/mol. The largest absolute Gasteiger partial charge is 0.469 e. The number of nitrogens with one attached hydrogen (secondary N) is 1. The van der Waals surface area contributed by atoms with Crippen molar-refractivity contribution in [1.82, 2.24) is 19.8 Å². The first kappa shape index (κ1) is 20.0. The molecular formula is C21H26ClN5O. The lowest BCUT2D eigenvalue weighted by Crippen LogP contribution is -2.40. The summed E-state index contributed by atoms with van der Waals surface area (Å²) in [6.45, 7) is 2.06. The number of aromatic nitrogens is 2. The Morgan fingerprint density at radius 1 is 1.21 bits per heavy atom. The highest BCUT2D eigenvalue weighted by Gasteiger charge is 2.12. The Morgan fingerprint density at radius 3 is 2.71 bits per heavy atom. The van der Waals surface area contributed by atoms with Crippen molar-refractivity contribution in [3.8, 4) is 0 Å². The number of hydrogen-bond acceptors (Lipinski definition) is 3. The third kappa shape index (κ3) is 5.63. The molecule has 28 heavy (non-hydrogen) atoms. The van der Waals surface area contributed by atoms with Crippen molar-refractivity contribution in [3.05, 3.63) is 77.2 Å². The van der Waals surface area contributed by atoms with Crippen LogP contribution in [-0.4, -0.2) is 40.5 Å². The Morgan fingerprint density at radius 2 is 2.04 bits per heavy atom. The zero-order valence-electron chi connectivity index (χ0n) is 16.3. The summed E-state index contributed by atoms with van der Waals surface area (Å²) < 4.78 is 7.28. The van der Waals surface area contributed by atoms with Gasteiger partial charge in [-0.2, -0.15) is 0 Å². The average Bonchev–Trinajstić information content (AvgIpc) is 3.33. The van der Waals surface area contributed by atoms with E-state index in [2.05, 4.69) is 39.5 Å². The van der Waals surface area contributed by atoms with Crippen LogP contribution in [0.5, 0.6) is 0 Å². The number of aliphatic imine (C=N–C) groups is 1. The Bertz CT molecular complexity index is 874. The second-order valence-electron chi connectivity index (χ2n) is 6.61. The first-order valence-electron chi connectivity index (χ1n) is 9.35. The molecule has 0 aliphatic rings. The van der Waals surface area contributed by atoms with E-state index in [0.29, 0.717) is 18.2 Å². The average molecular weight is 400 g/mol. The van der Waals surface area contributed by atoms with Crippen LogP contribution in [0.4, 0.5) is 0 Å². The van der Waals surface area contributed by atoms with E-state index in [1.54, 1.807) is 12.5 Å². The van der Waals surface area contributed by atoms with Crippen LogP contribution >= 0.6 is 11.6 Å². The van der Waals surface area contributed by atoms with Gasteiger partial charge in [-0.25, -0.2) is 4.98 Å². The predicted molar refractivity (Wildman–Crippen MR) is 113 cm³/mol. The number of halogens is 1. The molecule has 1 aromatic carbocycles. The summed E-state index contributed by atoms with van der Waals surface area (Å²) in [4.78, 5) is 11.2. The van der Waals surface area contributed by atoms with Crippen molar-refractivity contribution in [2.75, 3.05) is 20.1 Å². The lowest BCUT2D eigenvalue weighted by atomic mass is 10.1. The van der Waals surface area contributed by atoms with Gasteiger partial charge in [0.25, 0.3) is 0 Å². The van der Waals surface area contributed by atoms with Crippen LogP contribution in [0.2, 0.25) is 5.15 Å². The Hall–Kier alpha value is -2.73. The molecular weight excluding hydrogens is 374 g/mol. The zero-order valence-corrected chi connectivity index (χ0v) is 17.1. The number of rotatable bonds is 8. The van der Waals surface area contributed by atoms with Crippen LogP contribution in [0.15, 0.2) is 64.3 Å². The maximum atomic E-state index is 6.11. The molecule has 3 aromatic rings. The standard InChI is InChI=1S/C21H26ClN5O/c1-26(16-20-25-15-19(22)27(20)2)21(24-13-11-18-9-6-14-28-18)23-12-10-17-7-4-3-5-8-17/h3-9,14-15H,10-13,16H2,1-2H3,(H,23,24). The van der Waals surface area contributed by atoms with E-state index in [1.165, 1.54) is 5.56 Å². The molecule has 0 bridgehead atoms. The second-order valence-corrected chi connectivity index (χ2v) is 7.00. The van der Waals surface area contributed by atoms with Gasteiger partial charge in [-0.3, -0.25) is 4.99 Å². The molecule has 0 spiro atoms. The molecule has 2 heterocycles. The summed E-state index contributed by atoms with van der Waals surface area (Å²) in [6.07, 6.45) is 5.05. The Balaban J connectivity index is 1.62. The fourth-order valence-electron chi connectivity index (χ4n) is 2.86. The number of nitrogens with zero attached hydrogens (tertiary/aromatic N) is 4. The van der Waals surface area contributed by atoms with Gasteiger partial charge in [-0.1, -0.05) is 41.9 Å². The first-order valence-corrected chi connectivity index (χ1v) is 9.73. The molecule has 0 saturated carbocycles. The summed E-state index contributed by atoms with van der Waals surface area (Å²) in [5.74, 6) is 2.66. The minimum atomic E-state index is 0.612. The quantitative estimate of drug-likeness (QED) is 0.465. The van der Waals surface area contributed by atoms with Gasteiger partial charge in [0.1, 0.15) is 16.7 Å². The molecule has 1 N–H and O–H groups in total. The van der Waals surface area contributed by atoms with Crippen LogP contribution in [0, 0.1) is 0 Å². The number of hydrogen-bond donors (Lipinski definition) is 1. The molecule has 0 amide bonds. The minimum absolute atomic E-state index is 0.612. The maximum Gasteiger partial charge on any atom is 0.194 e. The summed E-state index contributed by atoms with van der Waals surface area (Å²) in [7, 11) is 3.92. The molecule has 0 saturated heterocycles. The molecule has 148 valence electrons. The molecule has 2 aromatic heterocycles. The summed E-state index contributed by atoms with van der Waals surface area (Å²) in [5, 5.41) is 4.09. The van der Waals surface area contributed by atoms with Crippen LogP contribution in [0.25, 0.3) is 0 Å². The summed E-state index contributed by atoms with van der Waals surface area (Å²) in [6, 6.07) is 14.3. The number of benzene rings is 1. The van der Waals surface area contributed by atoms with Crippen molar-refractivity contribution < 1.29 is 4.42 Å². The Kier molecular flexibility index (Phi) is 7.14. The smallest absolute Gasteiger partial charge is 0.194 e. The number of guanidine groups is 1. The third-order valence-corrected chi connectivity index (χ3v) is 4.86. The van der Waals surface area contributed by atoms with Gasteiger partial charge >= 0.3 is 0 Å². The van der Waals surface area contributed by atoms with E-state index < -0.39 is 0 Å².